The molecular weight excluding hydrogens is 174 g/mol. The summed E-state index contributed by atoms with van der Waals surface area (Å²) in [6.07, 6.45) is 0. The maximum Gasteiger partial charge on any atom is 0.309 e. The van der Waals surface area contributed by atoms with Crippen molar-refractivity contribution in [3.8, 4) is 0 Å². The second-order valence-corrected chi connectivity index (χ2v) is 1.73. The van der Waals surface area contributed by atoms with Gasteiger partial charge in [-0.3, -0.25) is 0 Å². The van der Waals surface area contributed by atoms with Gasteiger partial charge in [-0.2, -0.15) is 0 Å². The molecule has 7 heteroatoms. The molecule has 0 aliphatic heterocycles. The van der Waals surface area contributed by atoms with E-state index in [-0.39, 0.29) is 0 Å². The molecule has 0 aromatic heterocycles. The van der Waals surface area contributed by atoms with Gasteiger partial charge in [0.25, 0.3) is 0 Å². The SMILES string of the molecule is C=O.NC(N)=O.NCCNCCN. The van der Waals surface area contributed by atoms with Gasteiger partial charge in [-0.15, -0.1) is 0 Å². The molecule has 0 bridgehead atoms. The average Bonchev–Trinajstić information content (AvgIpc) is 2.08. The predicted molar refractivity (Wildman–Crippen MR) is 51.9 cm³/mol. The van der Waals surface area contributed by atoms with Gasteiger partial charge in [-0.1, -0.05) is 0 Å². The summed E-state index contributed by atoms with van der Waals surface area (Å²) < 4.78 is 0. The zero-order valence-corrected chi connectivity index (χ0v) is 7.66. The van der Waals surface area contributed by atoms with Gasteiger partial charge in [-0.05, 0) is 0 Å². The van der Waals surface area contributed by atoms with Crippen LogP contribution in [0.15, 0.2) is 0 Å². The van der Waals surface area contributed by atoms with E-state index >= 15 is 0 Å². The molecule has 2 amide bonds. The molecule has 0 spiro atoms. The second kappa shape index (κ2) is 22.4. The molecule has 0 saturated carbocycles. The Morgan fingerprint density at radius 1 is 1.08 bits per heavy atom. The van der Waals surface area contributed by atoms with E-state index in [0.29, 0.717) is 13.1 Å². The van der Waals surface area contributed by atoms with Crippen molar-refractivity contribution in [1.82, 2.24) is 5.32 Å². The summed E-state index contributed by atoms with van der Waals surface area (Å²) in [4.78, 5) is 17.0. The van der Waals surface area contributed by atoms with Crippen molar-refractivity contribution in [2.45, 2.75) is 0 Å². The largest absolute Gasteiger partial charge is 0.352 e. The van der Waals surface area contributed by atoms with Gasteiger partial charge < -0.3 is 33.0 Å². The minimum absolute atomic E-state index is 0.694. The lowest BCUT2D eigenvalue weighted by molar-refractivity contribution is -0.0979. The Kier molecular flexibility index (Phi) is 30.7. The number of nitrogens with one attached hydrogen (secondary N) is 1. The Labute approximate surface area is 77.8 Å². The molecule has 0 heterocycles. The first-order valence-corrected chi connectivity index (χ1v) is 3.59. The smallest absolute Gasteiger partial charge is 0.309 e. The van der Waals surface area contributed by atoms with E-state index in [1.807, 2.05) is 6.79 Å². The van der Waals surface area contributed by atoms with Crippen LogP contribution in [0.25, 0.3) is 0 Å². The summed E-state index contributed by atoms with van der Waals surface area (Å²) in [7, 11) is 0. The molecule has 9 N–H and O–H groups in total. The van der Waals surface area contributed by atoms with Crippen molar-refractivity contribution in [3.05, 3.63) is 0 Å². The normalized spacial score (nSPS) is 7.23. The summed E-state index contributed by atoms with van der Waals surface area (Å²) in [6, 6.07) is -0.833. The van der Waals surface area contributed by atoms with E-state index in [1.54, 1.807) is 0 Å². The van der Waals surface area contributed by atoms with Crippen LogP contribution in [0, 0.1) is 0 Å². The summed E-state index contributed by atoms with van der Waals surface area (Å²) in [5.74, 6) is 0. The summed E-state index contributed by atoms with van der Waals surface area (Å²) in [5, 5.41) is 3.03. The number of hydrogen-bond acceptors (Lipinski definition) is 5. The van der Waals surface area contributed by atoms with E-state index in [4.69, 9.17) is 21.1 Å². The first-order chi connectivity index (χ1) is 6.15. The topological polar surface area (TPSA) is 150 Å². The summed E-state index contributed by atoms with van der Waals surface area (Å²) in [6.45, 7) is 5.13. The predicted octanol–water partition coefficient (Wildman–Crippen LogP) is -2.67. The Bertz CT molecular complexity index is 93.0. The number of rotatable bonds is 4. The third-order valence-electron chi connectivity index (χ3n) is 0.642. The van der Waals surface area contributed by atoms with Crippen LogP contribution >= 0.6 is 0 Å². The molecule has 0 unspecified atom stereocenters. The number of amides is 2. The van der Waals surface area contributed by atoms with E-state index in [0.717, 1.165) is 13.1 Å². The van der Waals surface area contributed by atoms with E-state index in [1.165, 1.54) is 0 Å². The molecule has 0 aromatic carbocycles. The second-order valence-electron chi connectivity index (χ2n) is 1.73. The van der Waals surface area contributed by atoms with Crippen molar-refractivity contribution < 1.29 is 9.59 Å². The van der Waals surface area contributed by atoms with Crippen LogP contribution in [-0.4, -0.2) is 39.0 Å². The number of nitrogens with two attached hydrogens (primary N) is 4. The molecule has 0 atom stereocenters. The number of urea groups is 1. The number of carbonyl (C=O) groups excluding carboxylic acids is 2. The highest BCUT2D eigenvalue weighted by Crippen LogP contribution is 1.49. The highest BCUT2D eigenvalue weighted by atomic mass is 16.2. The van der Waals surface area contributed by atoms with Gasteiger partial charge in [0.1, 0.15) is 6.79 Å². The van der Waals surface area contributed by atoms with Gasteiger partial charge in [0.05, 0.1) is 0 Å². The zero-order chi connectivity index (χ0) is 11.1. The lowest BCUT2D eigenvalue weighted by Gasteiger charge is -1.95. The fourth-order valence-electron chi connectivity index (χ4n) is 0.329. The molecule has 0 aromatic rings. The fourth-order valence-corrected chi connectivity index (χ4v) is 0.329. The van der Waals surface area contributed by atoms with Gasteiger partial charge in [0.2, 0.25) is 0 Å². The molecule has 0 aliphatic rings. The van der Waals surface area contributed by atoms with Crippen molar-refractivity contribution >= 4 is 12.8 Å². The van der Waals surface area contributed by atoms with Gasteiger partial charge in [-0.25, -0.2) is 4.79 Å². The van der Waals surface area contributed by atoms with Crippen LogP contribution in [0.5, 0.6) is 0 Å². The van der Waals surface area contributed by atoms with Gasteiger partial charge in [0, 0.05) is 26.2 Å². The lowest BCUT2D eigenvalue weighted by atomic mass is 10.6. The molecule has 13 heavy (non-hydrogen) atoms. The van der Waals surface area contributed by atoms with Crippen molar-refractivity contribution in [3.63, 3.8) is 0 Å². The standard InChI is InChI=1S/C4H13N3.CH4N2O.CH2O/c5-1-3-7-4-2-6;2-1(3)4;1-2/h7H,1-6H2;(H4,2,3,4);1H2. The Morgan fingerprint density at radius 2 is 1.31 bits per heavy atom. The van der Waals surface area contributed by atoms with E-state index in [9.17, 15) is 0 Å². The molecule has 0 rings (SSSR count). The fraction of sp³-hybridized carbons (Fsp3) is 0.667. The molecule has 0 saturated heterocycles. The monoisotopic (exact) mass is 193 g/mol. The van der Waals surface area contributed by atoms with Crippen LogP contribution in [0.2, 0.25) is 0 Å². The first kappa shape index (κ1) is 17.8. The molecule has 0 fully saturated rings. The highest BCUT2D eigenvalue weighted by molar-refractivity contribution is 5.69. The number of hydrogen-bond donors (Lipinski definition) is 5. The Balaban J connectivity index is -0.000000142. The van der Waals surface area contributed by atoms with Crippen LogP contribution in [0.1, 0.15) is 0 Å². The highest BCUT2D eigenvalue weighted by Gasteiger charge is 1.76. The van der Waals surface area contributed by atoms with E-state index in [2.05, 4.69) is 16.8 Å². The molecule has 0 radical (unpaired) electrons. The van der Waals surface area contributed by atoms with Crippen molar-refractivity contribution in [2.24, 2.45) is 22.9 Å². The maximum absolute atomic E-state index is 9.00. The average molecular weight is 193 g/mol. The third kappa shape index (κ3) is 106. The molecule has 80 valence electrons. The number of carbonyl (C=O) groups is 2. The van der Waals surface area contributed by atoms with Crippen molar-refractivity contribution in [2.75, 3.05) is 26.2 Å². The Morgan fingerprint density at radius 3 is 1.46 bits per heavy atom. The maximum atomic E-state index is 9.00. The number of primary amides is 2. The minimum Gasteiger partial charge on any atom is -0.352 e. The molecule has 7 nitrogen and oxygen atoms in total. The molecular formula is C6H19N5O2. The van der Waals surface area contributed by atoms with Crippen molar-refractivity contribution in [1.29, 1.82) is 0 Å². The zero-order valence-electron chi connectivity index (χ0n) is 7.66. The lowest BCUT2D eigenvalue weighted by Crippen LogP contribution is -2.27. The van der Waals surface area contributed by atoms with Gasteiger partial charge in [0.15, 0.2) is 0 Å². The third-order valence-corrected chi connectivity index (χ3v) is 0.642. The minimum atomic E-state index is -0.833. The quantitative estimate of drug-likeness (QED) is 0.308. The van der Waals surface area contributed by atoms with Gasteiger partial charge >= 0.3 is 6.03 Å². The van der Waals surface area contributed by atoms with Crippen LogP contribution < -0.4 is 28.3 Å². The van der Waals surface area contributed by atoms with Crippen LogP contribution in [0.3, 0.4) is 0 Å². The Hall–Kier alpha value is -1.18. The summed E-state index contributed by atoms with van der Waals surface area (Å²) >= 11 is 0. The summed E-state index contributed by atoms with van der Waals surface area (Å²) in [5.41, 5.74) is 18.8. The van der Waals surface area contributed by atoms with Crippen LogP contribution in [0.4, 0.5) is 4.79 Å². The van der Waals surface area contributed by atoms with E-state index < -0.39 is 6.03 Å². The molecule has 0 aliphatic carbocycles. The first-order valence-electron chi connectivity index (χ1n) is 3.59. The van der Waals surface area contributed by atoms with Crippen LogP contribution in [-0.2, 0) is 4.79 Å².